The number of carbonyl (C=O) groups is 1. The van der Waals surface area contributed by atoms with Gasteiger partial charge in [0.15, 0.2) is 0 Å². The third kappa shape index (κ3) is 3.15. The highest BCUT2D eigenvalue weighted by Crippen LogP contribution is 2.35. The molecule has 0 atom stereocenters. The van der Waals surface area contributed by atoms with E-state index in [2.05, 4.69) is 0 Å². The van der Waals surface area contributed by atoms with Crippen LogP contribution < -0.4 is 10.4 Å². The van der Waals surface area contributed by atoms with Gasteiger partial charge in [-0.25, -0.2) is 4.79 Å². The Bertz CT molecular complexity index is 1040. The third-order valence-corrected chi connectivity index (χ3v) is 4.83. The number of rotatable bonds is 4. The topological polar surface area (TPSA) is 56.5 Å². The largest absolute Gasteiger partial charge is 0.426 e. The molecule has 1 fully saturated rings. The molecule has 26 heavy (non-hydrogen) atoms. The first kappa shape index (κ1) is 16.6. The predicted molar refractivity (Wildman–Crippen MR) is 99.6 cm³/mol. The lowest BCUT2D eigenvalue weighted by atomic mass is 9.98. The molecule has 0 bridgehead atoms. The molecule has 1 saturated carbocycles. The minimum absolute atomic E-state index is 0.00498. The Morgan fingerprint density at radius 2 is 1.88 bits per heavy atom. The van der Waals surface area contributed by atoms with Crippen LogP contribution in [0.15, 0.2) is 51.7 Å². The summed E-state index contributed by atoms with van der Waals surface area (Å²) < 4.78 is 11.2. The van der Waals surface area contributed by atoms with Crippen molar-refractivity contribution in [2.45, 2.75) is 33.1 Å². The monoisotopic (exact) mass is 348 g/mol. The lowest BCUT2D eigenvalue weighted by Gasteiger charge is -2.13. The van der Waals surface area contributed by atoms with Gasteiger partial charge >= 0.3 is 11.6 Å². The number of fused-ring (bicyclic) bond motifs is 1. The molecule has 1 heterocycles. The van der Waals surface area contributed by atoms with Crippen LogP contribution in [-0.4, -0.2) is 5.97 Å². The number of ether oxygens (including phenoxy) is 1. The lowest BCUT2D eigenvalue weighted by Crippen LogP contribution is -2.14. The molecule has 2 aromatic carbocycles. The minimum atomic E-state index is -0.344. The SMILES string of the molecule is Cc1cc(OC(=O)C2CC2)c2c(C)c(Cc3ccccc3)c(=O)oc2c1. The van der Waals surface area contributed by atoms with Gasteiger partial charge in [-0.2, -0.15) is 0 Å². The highest BCUT2D eigenvalue weighted by molar-refractivity contribution is 5.91. The first-order chi connectivity index (χ1) is 12.5. The highest BCUT2D eigenvalue weighted by Gasteiger charge is 2.32. The van der Waals surface area contributed by atoms with Crippen molar-refractivity contribution in [1.82, 2.24) is 0 Å². The van der Waals surface area contributed by atoms with E-state index in [1.165, 1.54) is 0 Å². The summed E-state index contributed by atoms with van der Waals surface area (Å²) in [5, 5.41) is 0.704. The molecule has 4 nitrogen and oxygen atoms in total. The van der Waals surface area contributed by atoms with Crippen molar-refractivity contribution < 1.29 is 13.9 Å². The molecule has 132 valence electrons. The summed E-state index contributed by atoms with van der Waals surface area (Å²) in [5.41, 5.74) is 3.43. The molecule has 4 heteroatoms. The molecule has 1 aliphatic carbocycles. The van der Waals surface area contributed by atoms with Gasteiger partial charge in [-0.1, -0.05) is 30.3 Å². The highest BCUT2D eigenvalue weighted by atomic mass is 16.5. The summed E-state index contributed by atoms with van der Waals surface area (Å²) in [4.78, 5) is 24.7. The van der Waals surface area contributed by atoms with Crippen molar-refractivity contribution >= 4 is 16.9 Å². The van der Waals surface area contributed by atoms with Crippen LogP contribution in [0.4, 0.5) is 0 Å². The van der Waals surface area contributed by atoms with Crippen LogP contribution in [0, 0.1) is 19.8 Å². The van der Waals surface area contributed by atoms with Crippen molar-refractivity contribution in [2.24, 2.45) is 5.92 Å². The Hall–Kier alpha value is -2.88. The van der Waals surface area contributed by atoms with E-state index in [9.17, 15) is 9.59 Å². The molecule has 0 aliphatic heterocycles. The Kier molecular flexibility index (Phi) is 4.11. The molecule has 3 aromatic rings. The Labute approximate surface area is 151 Å². The van der Waals surface area contributed by atoms with Gasteiger partial charge < -0.3 is 9.15 Å². The fourth-order valence-electron chi connectivity index (χ4n) is 3.23. The third-order valence-electron chi connectivity index (χ3n) is 4.83. The molecule has 0 amide bonds. The summed E-state index contributed by atoms with van der Waals surface area (Å²) in [6.07, 6.45) is 2.25. The van der Waals surface area contributed by atoms with Crippen molar-refractivity contribution in [1.29, 1.82) is 0 Å². The zero-order valence-electron chi connectivity index (χ0n) is 14.9. The van der Waals surface area contributed by atoms with Crippen molar-refractivity contribution in [3.8, 4) is 5.75 Å². The van der Waals surface area contributed by atoms with E-state index in [0.717, 1.165) is 29.5 Å². The molecule has 0 N–H and O–H groups in total. The summed E-state index contributed by atoms with van der Waals surface area (Å²) in [5.74, 6) is 0.282. The van der Waals surface area contributed by atoms with Crippen LogP contribution in [0.3, 0.4) is 0 Å². The molecule has 1 aliphatic rings. The maximum absolute atomic E-state index is 12.5. The summed E-state index contributed by atoms with van der Waals surface area (Å²) in [7, 11) is 0. The number of hydrogen-bond donors (Lipinski definition) is 0. The molecular formula is C22H20O4. The second-order valence-electron chi connectivity index (χ2n) is 6.99. The van der Waals surface area contributed by atoms with Gasteiger partial charge in [0, 0.05) is 12.0 Å². The predicted octanol–water partition coefficient (Wildman–Crippen LogP) is 4.32. The normalized spacial score (nSPS) is 13.8. The molecule has 1 aromatic heterocycles. The van der Waals surface area contributed by atoms with Crippen LogP contribution in [0.5, 0.6) is 5.75 Å². The average Bonchev–Trinajstić information content (AvgIpc) is 3.44. The molecule has 0 spiro atoms. The van der Waals surface area contributed by atoms with E-state index in [0.29, 0.717) is 28.7 Å². The molecule has 4 rings (SSSR count). The van der Waals surface area contributed by atoms with Gasteiger partial charge in [0.1, 0.15) is 11.3 Å². The maximum atomic E-state index is 12.5. The van der Waals surface area contributed by atoms with E-state index >= 15 is 0 Å². The summed E-state index contributed by atoms with van der Waals surface area (Å²) in [6.45, 7) is 3.78. The average molecular weight is 348 g/mol. The minimum Gasteiger partial charge on any atom is -0.426 e. The summed E-state index contributed by atoms with van der Waals surface area (Å²) >= 11 is 0. The second kappa shape index (κ2) is 6.45. The summed E-state index contributed by atoms with van der Waals surface area (Å²) in [6, 6.07) is 13.4. The van der Waals surface area contributed by atoms with E-state index < -0.39 is 0 Å². The van der Waals surface area contributed by atoms with Gasteiger partial charge in [-0.15, -0.1) is 0 Å². The zero-order chi connectivity index (χ0) is 18.3. The number of aryl methyl sites for hydroxylation is 2. The Balaban J connectivity index is 1.85. The fourth-order valence-corrected chi connectivity index (χ4v) is 3.23. The molecular weight excluding hydrogens is 328 g/mol. The molecule has 0 radical (unpaired) electrons. The second-order valence-corrected chi connectivity index (χ2v) is 6.99. The molecule has 0 saturated heterocycles. The maximum Gasteiger partial charge on any atom is 0.340 e. The van der Waals surface area contributed by atoms with Crippen LogP contribution in [-0.2, 0) is 11.2 Å². The van der Waals surface area contributed by atoms with Crippen molar-refractivity contribution in [3.63, 3.8) is 0 Å². The van der Waals surface area contributed by atoms with Crippen LogP contribution in [0.1, 0.15) is 35.1 Å². The zero-order valence-corrected chi connectivity index (χ0v) is 14.9. The first-order valence-corrected chi connectivity index (χ1v) is 8.85. The number of hydrogen-bond acceptors (Lipinski definition) is 4. The van der Waals surface area contributed by atoms with E-state index in [1.807, 2.05) is 56.3 Å². The van der Waals surface area contributed by atoms with Gasteiger partial charge in [0.2, 0.25) is 0 Å². The van der Waals surface area contributed by atoms with Crippen LogP contribution in [0.25, 0.3) is 11.0 Å². The lowest BCUT2D eigenvalue weighted by molar-refractivity contribution is -0.135. The van der Waals surface area contributed by atoms with Gasteiger partial charge in [-0.05, 0) is 55.5 Å². The number of benzene rings is 2. The number of carbonyl (C=O) groups excluding carboxylic acids is 1. The quantitative estimate of drug-likeness (QED) is 0.400. The Morgan fingerprint density at radius 3 is 2.58 bits per heavy atom. The van der Waals surface area contributed by atoms with Gasteiger partial charge in [0.25, 0.3) is 0 Å². The smallest absolute Gasteiger partial charge is 0.340 e. The molecule has 0 unspecified atom stereocenters. The van der Waals surface area contributed by atoms with E-state index in [1.54, 1.807) is 0 Å². The van der Waals surface area contributed by atoms with Gasteiger partial charge in [0.05, 0.1) is 11.3 Å². The van der Waals surface area contributed by atoms with E-state index in [-0.39, 0.29) is 17.5 Å². The van der Waals surface area contributed by atoms with Gasteiger partial charge in [-0.3, -0.25) is 4.79 Å². The standard InChI is InChI=1S/C22H20O4/c1-13-10-18(25-21(23)16-8-9-16)20-14(2)17(22(24)26-19(20)11-13)12-15-6-4-3-5-7-15/h3-7,10-11,16H,8-9,12H2,1-2H3. The fraction of sp³-hybridized carbons (Fsp3) is 0.273. The van der Waals surface area contributed by atoms with Crippen molar-refractivity contribution in [2.75, 3.05) is 0 Å². The van der Waals surface area contributed by atoms with Crippen LogP contribution in [0.2, 0.25) is 0 Å². The van der Waals surface area contributed by atoms with Crippen molar-refractivity contribution in [3.05, 3.63) is 75.1 Å². The first-order valence-electron chi connectivity index (χ1n) is 8.85. The van der Waals surface area contributed by atoms with Crippen LogP contribution >= 0.6 is 0 Å². The number of esters is 1. The Morgan fingerprint density at radius 1 is 1.15 bits per heavy atom. The van der Waals surface area contributed by atoms with E-state index in [4.69, 9.17) is 9.15 Å².